The van der Waals surface area contributed by atoms with Crippen molar-refractivity contribution in [1.29, 1.82) is 0 Å². The summed E-state index contributed by atoms with van der Waals surface area (Å²) in [7, 11) is 1.47. The van der Waals surface area contributed by atoms with Gasteiger partial charge in [-0.2, -0.15) is 0 Å². The van der Waals surface area contributed by atoms with Gasteiger partial charge in [0.05, 0.1) is 7.11 Å². The van der Waals surface area contributed by atoms with Crippen LogP contribution in [0.1, 0.15) is 18.0 Å². The summed E-state index contributed by atoms with van der Waals surface area (Å²) >= 11 is 0. The number of benzene rings is 1. The predicted molar refractivity (Wildman–Crippen MR) is 58.8 cm³/mol. The van der Waals surface area contributed by atoms with E-state index >= 15 is 0 Å². The lowest BCUT2D eigenvalue weighted by Crippen LogP contribution is -2.13. The quantitative estimate of drug-likeness (QED) is 0.834. The highest BCUT2D eigenvalue weighted by molar-refractivity contribution is 5.85. The maximum atomic E-state index is 13.4. The Hall–Kier alpha value is -0.840. The second-order valence-corrected chi connectivity index (χ2v) is 3.01. The molecule has 3 nitrogen and oxygen atoms in total. The smallest absolute Gasteiger partial charge is 0.131 e. The van der Waals surface area contributed by atoms with Crippen LogP contribution < -0.4 is 10.5 Å². The zero-order chi connectivity index (χ0) is 10.6. The molecule has 15 heavy (non-hydrogen) atoms. The normalized spacial score (nSPS) is 11.7. The highest BCUT2D eigenvalue weighted by Gasteiger charge is 2.11. The molecule has 1 rings (SSSR count). The fourth-order valence-electron chi connectivity index (χ4n) is 1.23. The van der Waals surface area contributed by atoms with Crippen molar-refractivity contribution in [1.82, 2.24) is 0 Å². The van der Waals surface area contributed by atoms with Gasteiger partial charge in [0.15, 0.2) is 0 Å². The lowest BCUT2D eigenvalue weighted by atomic mass is 10.0. The Kier molecular flexibility index (Phi) is 6.24. The monoisotopic (exact) mass is 235 g/mol. The first-order chi connectivity index (χ1) is 6.69. The second-order valence-electron chi connectivity index (χ2n) is 3.01. The van der Waals surface area contributed by atoms with Crippen LogP contribution in [0.3, 0.4) is 0 Å². The Morgan fingerprint density at radius 1 is 1.53 bits per heavy atom. The van der Waals surface area contributed by atoms with Crippen LogP contribution in [0.2, 0.25) is 0 Å². The Morgan fingerprint density at radius 3 is 2.67 bits per heavy atom. The van der Waals surface area contributed by atoms with Crippen LogP contribution in [-0.2, 0) is 0 Å². The van der Waals surface area contributed by atoms with E-state index in [1.54, 1.807) is 12.1 Å². The van der Waals surface area contributed by atoms with Crippen molar-refractivity contribution in [3.63, 3.8) is 0 Å². The van der Waals surface area contributed by atoms with Gasteiger partial charge in [-0.25, -0.2) is 4.39 Å². The summed E-state index contributed by atoms with van der Waals surface area (Å²) in [6.45, 7) is -0.0490. The molecular formula is C10H15ClFNO2. The van der Waals surface area contributed by atoms with Crippen LogP contribution in [0.5, 0.6) is 5.75 Å². The van der Waals surface area contributed by atoms with Crippen LogP contribution in [-0.4, -0.2) is 18.8 Å². The second kappa shape index (κ2) is 6.61. The Morgan fingerprint density at radius 2 is 2.20 bits per heavy atom. The van der Waals surface area contributed by atoms with Crippen molar-refractivity contribution >= 4 is 12.4 Å². The van der Waals surface area contributed by atoms with E-state index in [9.17, 15) is 4.39 Å². The zero-order valence-electron chi connectivity index (χ0n) is 8.44. The molecular weight excluding hydrogens is 221 g/mol. The van der Waals surface area contributed by atoms with E-state index in [0.29, 0.717) is 17.7 Å². The molecule has 86 valence electrons. The number of aliphatic hydroxyl groups excluding tert-OH is 1. The largest absolute Gasteiger partial charge is 0.497 e. The molecule has 0 aliphatic rings. The van der Waals surface area contributed by atoms with Crippen LogP contribution in [0.4, 0.5) is 4.39 Å². The van der Waals surface area contributed by atoms with Gasteiger partial charge in [-0.15, -0.1) is 12.4 Å². The van der Waals surface area contributed by atoms with Gasteiger partial charge in [-0.05, 0) is 12.5 Å². The molecule has 5 heteroatoms. The third kappa shape index (κ3) is 3.66. The summed E-state index contributed by atoms with van der Waals surface area (Å²) in [6.07, 6.45) is 0.350. The highest BCUT2D eigenvalue weighted by atomic mass is 35.5. The molecule has 0 unspecified atom stereocenters. The van der Waals surface area contributed by atoms with Crippen LogP contribution >= 0.6 is 12.4 Å². The first kappa shape index (κ1) is 14.2. The number of hydrogen-bond acceptors (Lipinski definition) is 3. The third-order valence-corrected chi connectivity index (χ3v) is 2.05. The first-order valence-corrected chi connectivity index (χ1v) is 4.39. The fraction of sp³-hybridized carbons (Fsp3) is 0.400. The Bertz CT molecular complexity index is 309. The van der Waals surface area contributed by atoms with Gasteiger partial charge in [-0.3, -0.25) is 0 Å². The van der Waals surface area contributed by atoms with E-state index in [2.05, 4.69) is 0 Å². The molecule has 0 heterocycles. The average Bonchev–Trinajstić information content (AvgIpc) is 2.17. The van der Waals surface area contributed by atoms with Gasteiger partial charge >= 0.3 is 0 Å². The highest BCUT2D eigenvalue weighted by Crippen LogP contribution is 2.21. The molecule has 1 atom stereocenters. The van der Waals surface area contributed by atoms with Gasteiger partial charge in [-0.1, -0.05) is 6.07 Å². The fourth-order valence-corrected chi connectivity index (χ4v) is 1.23. The van der Waals surface area contributed by atoms with E-state index in [0.717, 1.165) is 0 Å². The van der Waals surface area contributed by atoms with Crippen molar-refractivity contribution in [3.05, 3.63) is 29.6 Å². The zero-order valence-corrected chi connectivity index (χ0v) is 9.26. The predicted octanol–water partition coefficient (Wildman–Crippen LogP) is 1.64. The molecule has 0 bridgehead atoms. The number of rotatable bonds is 4. The van der Waals surface area contributed by atoms with E-state index in [1.165, 1.54) is 13.2 Å². The Labute approximate surface area is 94.5 Å². The molecule has 1 aromatic rings. The maximum Gasteiger partial charge on any atom is 0.131 e. The molecule has 0 saturated carbocycles. The van der Waals surface area contributed by atoms with Crippen molar-refractivity contribution < 1.29 is 14.2 Å². The van der Waals surface area contributed by atoms with E-state index < -0.39 is 11.9 Å². The molecule has 0 fully saturated rings. The summed E-state index contributed by atoms with van der Waals surface area (Å²) in [6, 6.07) is 4.04. The molecule has 0 radical (unpaired) electrons. The van der Waals surface area contributed by atoms with Crippen molar-refractivity contribution in [2.45, 2.75) is 12.5 Å². The topological polar surface area (TPSA) is 55.5 Å². The number of ether oxygens (including phenoxy) is 1. The summed E-state index contributed by atoms with van der Waals surface area (Å²) in [4.78, 5) is 0. The first-order valence-electron chi connectivity index (χ1n) is 4.39. The minimum atomic E-state index is -0.467. The van der Waals surface area contributed by atoms with Crippen LogP contribution in [0, 0.1) is 5.82 Å². The number of hydrogen-bond donors (Lipinski definition) is 2. The van der Waals surface area contributed by atoms with Gasteiger partial charge in [0.25, 0.3) is 0 Å². The van der Waals surface area contributed by atoms with E-state index in [1.807, 2.05) is 0 Å². The maximum absolute atomic E-state index is 13.4. The summed E-state index contributed by atoms with van der Waals surface area (Å²) < 4.78 is 18.2. The minimum absolute atomic E-state index is 0. The molecule has 1 aromatic carbocycles. The van der Waals surface area contributed by atoms with Gasteiger partial charge in [0, 0.05) is 24.3 Å². The van der Waals surface area contributed by atoms with Crippen molar-refractivity contribution in [3.8, 4) is 5.75 Å². The number of aliphatic hydroxyl groups is 1. The van der Waals surface area contributed by atoms with Crippen molar-refractivity contribution in [2.75, 3.05) is 13.7 Å². The van der Waals surface area contributed by atoms with Crippen molar-refractivity contribution in [2.24, 2.45) is 5.73 Å². The summed E-state index contributed by atoms with van der Waals surface area (Å²) in [5, 5.41) is 8.66. The molecule has 3 N–H and O–H groups in total. The van der Waals surface area contributed by atoms with Gasteiger partial charge in [0.1, 0.15) is 11.6 Å². The Balaban J connectivity index is 0.00000196. The number of halogens is 2. The van der Waals surface area contributed by atoms with E-state index in [4.69, 9.17) is 15.6 Å². The lowest BCUT2D eigenvalue weighted by molar-refractivity contribution is 0.275. The summed E-state index contributed by atoms with van der Waals surface area (Å²) in [5.74, 6) is 0.0627. The van der Waals surface area contributed by atoms with Gasteiger partial charge < -0.3 is 15.6 Å². The average molecular weight is 236 g/mol. The number of nitrogens with two attached hydrogens (primary N) is 1. The minimum Gasteiger partial charge on any atom is -0.497 e. The van der Waals surface area contributed by atoms with Gasteiger partial charge in [0.2, 0.25) is 0 Å². The number of methoxy groups -OCH3 is 1. The van der Waals surface area contributed by atoms with Crippen LogP contribution in [0.25, 0.3) is 0 Å². The summed E-state index contributed by atoms with van der Waals surface area (Å²) in [5.41, 5.74) is 6.06. The van der Waals surface area contributed by atoms with Crippen LogP contribution in [0.15, 0.2) is 18.2 Å². The molecule has 0 amide bonds. The molecule has 0 aromatic heterocycles. The third-order valence-electron chi connectivity index (χ3n) is 2.05. The molecule has 0 aliphatic carbocycles. The molecule has 0 aliphatic heterocycles. The SMILES string of the molecule is COc1ccc([C@@H](N)CCO)c(F)c1.Cl. The lowest BCUT2D eigenvalue weighted by Gasteiger charge is -2.12. The van der Waals surface area contributed by atoms with E-state index in [-0.39, 0.29) is 19.0 Å². The molecule has 0 saturated heterocycles. The standard InChI is InChI=1S/C10H14FNO2.ClH/c1-14-7-2-3-8(9(11)6-7)10(12)4-5-13;/h2-3,6,10,13H,4-5,12H2,1H3;1H/t10-;/m0./s1. The molecule has 0 spiro atoms.